The Hall–Kier alpha value is -0.600. The van der Waals surface area contributed by atoms with E-state index in [9.17, 15) is 0 Å². The molecule has 0 heterocycles. The van der Waals surface area contributed by atoms with Crippen molar-refractivity contribution in [2.45, 2.75) is 52.4 Å². The van der Waals surface area contributed by atoms with Crippen LogP contribution >= 0.6 is 31.9 Å². The Labute approximate surface area is 157 Å². The highest BCUT2D eigenvalue weighted by Gasteiger charge is 2.23. The zero-order valence-corrected chi connectivity index (χ0v) is 17.1. The lowest BCUT2D eigenvalue weighted by molar-refractivity contribution is 0.447. The molecule has 1 atom stereocenters. The van der Waals surface area contributed by atoms with Crippen LogP contribution in [-0.2, 0) is 12.8 Å². The molecular formula is C21H24Br2. The van der Waals surface area contributed by atoms with Crippen LogP contribution in [0.3, 0.4) is 0 Å². The van der Waals surface area contributed by atoms with Gasteiger partial charge in [-0.25, -0.2) is 0 Å². The van der Waals surface area contributed by atoms with Gasteiger partial charge in [0.15, 0.2) is 0 Å². The number of rotatable bonds is 6. The van der Waals surface area contributed by atoms with Gasteiger partial charge in [-0.3, -0.25) is 0 Å². The number of halogens is 2. The molecule has 122 valence electrons. The minimum atomic E-state index is 0.799. The van der Waals surface area contributed by atoms with Gasteiger partial charge < -0.3 is 0 Å². The third-order valence-corrected chi connectivity index (χ3v) is 6.37. The smallest absolute Gasteiger partial charge is 0.0210 e. The fraction of sp³-hybridized carbons (Fsp3) is 0.429. The Bertz CT molecular complexity index is 703. The second-order valence-corrected chi connectivity index (χ2v) is 8.42. The van der Waals surface area contributed by atoms with Crippen molar-refractivity contribution in [3.63, 3.8) is 0 Å². The third-order valence-electron chi connectivity index (χ3n) is 5.13. The van der Waals surface area contributed by atoms with E-state index in [2.05, 4.69) is 76.0 Å². The first kappa shape index (κ1) is 17.2. The Balaban J connectivity index is 1.94. The van der Waals surface area contributed by atoms with Gasteiger partial charge in [-0.15, -0.1) is 0 Å². The Kier molecular flexibility index (Phi) is 5.64. The molecule has 1 aliphatic carbocycles. The lowest BCUT2D eigenvalue weighted by atomic mass is 9.88. The third kappa shape index (κ3) is 3.58. The minimum Gasteiger partial charge on any atom is -0.0654 e. The Morgan fingerprint density at radius 3 is 2.57 bits per heavy atom. The molecule has 0 saturated heterocycles. The highest BCUT2D eigenvalue weighted by atomic mass is 79.9. The summed E-state index contributed by atoms with van der Waals surface area (Å²) in [4.78, 5) is 0. The van der Waals surface area contributed by atoms with Gasteiger partial charge in [0.05, 0.1) is 0 Å². The lowest BCUT2D eigenvalue weighted by Gasteiger charge is -2.18. The van der Waals surface area contributed by atoms with E-state index in [1.807, 2.05) is 0 Å². The first-order chi connectivity index (χ1) is 11.1. The Morgan fingerprint density at radius 2 is 1.83 bits per heavy atom. The second kappa shape index (κ2) is 7.53. The molecule has 2 heteroatoms. The summed E-state index contributed by atoms with van der Waals surface area (Å²) < 4.78 is 2.47. The second-order valence-electron chi connectivity index (χ2n) is 6.65. The van der Waals surface area contributed by atoms with Crippen molar-refractivity contribution in [1.82, 2.24) is 0 Å². The maximum absolute atomic E-state index is 3.83. The monoisotopic (exact) mass is 434 g/mol. The summed E-state index contributed by atoms with van der Waals surface area (Å²) in [6, 6.07) is 11.2. The quantitative estimate of drug-likeness (QED) is 0.375. The van der Waals surface area contributed by atoms with E-state index in [0.29, 0.717) is 0 Å². The van der Waals surface area contributed by atoms with Gasteiger partial charge in [0.25, 0.3) is 0 Å². The van der Waals surface area contributed by atoms with E-state index in [-0.39, 0.29) is 0 Å². The minimum absolute atomic E-state index is 0.799. The van der Waals surface area contributed by atoms with Gasteiger partial charge in [0, 0.05) is 8.95 Å². The van der Waals surface area contributed by atoms with Crippen LogP contribution in [0.4, 0.5) is 0 Å². The average Bonchev–Trinajstić information content (AvgIpc) is 2.90. The molecule has 0 N–H and O–H groups in total. The van der Waals surface area contributed by atoms with Crippen molar-refractivity contribution in [3.8, 4) is 11.1 Å². The van der Waals surface area contributed by atoms with Gasteiger partial charge in [-0.2, -0.15) is 0 Å². The van der Waals surface area contributed by atoms with Gasteiger partial charge >= 0.3 is 0 Å². The molecule has 0 nitrogen and oxygen atoms in total. The molecule has 0 radical (unpaired) electrons. The standard InChI is InChI=1S/C21H24Br2/c1-3-5-6-14(4-2)11-20-19-13-15-12-16(22)7-8-17(15)18(19)9-10-21(20)23/h7-10,12,14H,3-6,11,13H2,1-2H3. The summed E-state index contributed by atoms with van der Waals surface area (Å²) in [5.41, 5.74) is 7.39. The van der Waals surface area contributed by atoms with Gasteiger partial charge in [0.1, 0.15) is 0 Å². The predicted octanol–water partition coefficient (Wildman–Crippen LogP) is 7.54. The van der Waals surface area contributed by atoms with E-state index in [4.69, 9.17) is 0 Å². The van der Waals surface area contributed by atoms with Crippen molar-refractivity contribution >= 4 is 31.9 Å². The summed E-state index contributed by atoms with van der Waals surface area (Å²) in [7, 11) is 0. The lowest BCUT2D eigenvalue weighted by Crippen LogP contribution is -2.06. The molecular weight excluding hydrogens is 412 g/mol. The van der Waals surface area contributed by atoms with Crippen LogP contribution in [0.5, 0.6) is 0 Å². The maximum Gasteiger partial charge on any atom is 0.0210 e. The first-order valence-corrected chi connectivity index (χ1v) is 10.3. The molecule has 1 aliphatic rings. The molecule has 0 aliphatic heterocycles. The molecule has 0 spiro atoms. The molecule has 3 rings (SSSR count). The van der Waals surface area contributed by atoms with Gasteiger partial charge in [-0.1, -0.05) is 83.5 Å². The molecule has 2 aromatic carbocycles. The van der Waals surface area contributed by atoms with E-state index < -0.39 is 0 Å². The van der Waals surface area contributed by atoms with E-state index in [1.54, 1.807) is 5.56 Å². The molecule has 0 aromatic heterocycles. The topological polar surface area (TPSA) is 0 Å². The van der Waals surface area contributed by atoms with Crippen LogP contribution in [0.2, 0.25) is 0 Å². The van der Waals surface area contributed by atoms with Crippen molar-refractivity contribution < 1.29 is 0 Å². The Morgan fingerprint density at radius 1 is 1.04 bits per heavy atom. The van der Waals surface area contributed by atoms with Crippen LogP contribution in [0.1, 0.15) is 56.2 Å². The van der Waals surface area contributed by atoms with Gasteiger partial charge in [0.2, 0.25) is 0 Å². The number of hydrogen-bond donors (Lipinski definition) is 0. The fourth-order valence-corrected chi connectivity index (χ4v) is 4.67. The van der Waals surface area contributed by atoms with E-state index in [1.165, 1.54) is 63.3 Å². The summed E-state index contributed by atoms with van der Waals surface area (Å²) in [5.74, 6) is 0.799. The summed E-state index contributed by atoms with van der Waals surface area (Å²) in [6.45, 7) is 4.63. The maximum atomic E-state index is 3.83. The highest BCUT2D eigenvalue weighted by molar-refractivity contribution is 9.10. The van der Waals surface area contributed by atoms with Crippen LogP contribution in [0.15, 0.2) is 39.3 Å². The zero-order valence-electron chi connectivity index (χ0n) is 14.0. The van der Waals surface area contributed by atoms with Crippen molar-refractivity contribution in [3.05, 3.63) is 56.0 Å². The highest BCUT2D eigenvalue weighted by Crippen LogP contribution is 2.42. The molecule has 0 bridgehead atoms. The summed E-state index contributed by atoms with van der Waals surface area (Å²) in [5, 5.41) is 0. The van der Waals surface area contributed by atoms with E-state index in [0.717, 1.165) is 12.3 Å². The molecule has 2 aromatic rings. The largest absolute Gasteiger partial charge is 0.0654 e. The molecule has 0 amide bonds. The zero-order chi connectivity index (χ0) is 16.4. The molecule has 0 saturated carbocycles. The van der Waals surface area contributed by atoms with Gasteiger partial charge in [-0.05, 0) is 64.8 Å². The molecule has 0 fully saturated rings. The molecule has 1 unspecified atom stereocenters. The van der Waals surface area contributed by atoms with E-state index >= 15 is 0 Å². The summed E-state index contributed by atoms with van der Waals surface area (Å²) in [6.07, 6.45) is 7.54. The SMILES string of the molecule is CCCCC(CC)Cc1c(Br)ccc2c1Cc1cc(Br)ccc1-2. The van der Waals surface area contributed by atoms with Crippen LogP contribution in [0.25, 0.3) is 11.1 Å². The predicted molar refractivity (Wildman–Crippen MR) is 107 cm³/mol. The summed E-state index contributed by atoms with van der Waals surface area (Å²) >= 11 is 7.44. The van der Waals surface area contributed by atoms with Crippen molar-refractivity contribution in [1.29, 1.82) is 0 Å². The number of fused-ring (bicyclic) bond motifs is 3. The number of hydrogen-bond acceptors (Lipinski definition) is 0. The number of benzene rings is 2. The van der Waals surface area contributed by atoms with Crippen molar-refractivity contribution in [2.75, 3.05) is 0 Å². The van der Waals surface area contributed by atoms with Crippen molar-refractivity contribution in [2.24, 2.45) is 5.92 Å². The van der Waals surface area contributed by atoms with Crippen LogP contribution in [0, 0.1) is 5.92 Å². The number of unbranched alkanes of at least 4 members (excludes halogenated alkanes) is 1. The molecule has 23 heavy (non-hydrogen) atoms. The fourth-order valence-electron chi connectivity index (χ4n) is 3.73. The average molecular weight is 436 g/mol. The van der Waals surface area contributed by atoms with Crippen LogP contribution in [-0.4, -0.2) is 0 Å². The van der Waals surface area contributed by atoms with Crippen LogP contribution < -0.4 is 0 Å². The first-order valence-electron chi connectivity index (χ1n) is 8.73. The normalized spacial score (nSPS) is 13.7.